The summed E-state index contributed by atoms with van der Waals surface area (Å²) in [5, 5.41) is 14.4. The van der Waals surface area contributed by atoms with E-state index >= 15 is 0 Å². The lowest BCUT2D eigenvalue weighted by Crippen LogP contribution is -2.59. The molecule has 2 unspecified atom stereocenters. The molecule has 3 N–H and O–H groups in total. The number of hydrogen-bond donors (Lipinski definition) is 3. The van der Waals surface area contributed by atoms with E-state index in [2.05, 4.69) is 20.2 Å². The van der Waals surface area contributed by atoms with Crippen molar-refractivity contribution in [2.45, 2.75) is 50.6 Å². The second kappa shape index (κ2) is 7.03. The Morgan fingerprint density at radius 3 is 2.82 bits per heavy atom. The Morgan fingerprint density at radius 2 is 2.04 bits per heavy atom. The van der Waals surface area contributed by atoms with Gasteiger partial charge in [-0.2, -0.15) is 0 Å². The van der Waals surface area contributed by atoms with Crippen molar-refractivity contribution < 1.29 is 14.3 Å². The smallest absolute Gasteiger partial charge is 0.308 e. The van der Waals surface area contributed by atoms with Crippen LogP contribution in [0.2, 0.25) is 0 Å². The summed E-state index contributed by atoms with van der Waals surface area (Å²) in [6, 6.07) is 1.87. The minimum Gasteiger partial charge on any atom is -0.481 e. The number of aliphatic carboxylic acids is 1. The molecule has 3 saturated carbocycles. The monoisotopic (exact) mass is 386 g/mol. The number of carboxylic acid groups (broad SMARTS) is 1. The highest BCUT2D eigenvalue weighted by Gasteiger charge is 2.47. The van der Waals surface area contributed by atoms with Crippen LogP contribution in [0, 0.1) is 23.6 Å². The Balaban J connectivity index is 1.34. The number of rotatable bonds is 4. The largest absolute Gasteiger partial charge is 0.481 e. The predicted molar refractivity (Wildman–Crippen MR) is 105 cm³/mol. The number of aromatic nitrogens is 2. The van der Waals surface area contributed by atoms with E-state index in [1.165, 1.54) is 12.3 Å². The van der Waals surface area contributed by atoms with Crippen LogP contribution in [0.15, 0.2) is 18.5 Å². The molecule has 3 atom stereocenters. The van der Waals surface area contributed by atoms with Gasteiger partial charge in [0.2, 0.25) is 0 Å². The van der Waals surface area contributed by atoms with Gasteiger partial charge < -0.3 is 20.3 Å². The molecule has 3 aliphatic carbocycles. The number of carboxylic acids is 1. The number of piperidine rings is 1. The lowest BCUT2D eigenvalue weighted by Gasteiger charge is -2.49. The van der Waals surface area contributed by atoms with Crippen molar-refractivity contribution in [3.05, 3.63) is 24.3 Å². The molecule has 4 aliphatic rings. The third-order valence-corrected chi connectivity index (χ3v) is 7.17. The fourth-order valence-electron chi connectivity index (χ4n) is 5.87. The van der Waals surface area contributed by atoms with E-state index in [0.29, 0.717) is 17.5 Å². The van der Waals surface area contributed by atoms with Crippen LogP contribution in [0.25, 0.3) is 11.0 Å². The first-order valence-electron chi connectivity index (χ1n) is 10.5. The third kappa shape index (κ3) is 3.05. The van der Waals surface area contributed by atoms with Crippen LogP contribution in [0.4, 0.5) is 10.1 Å². The average Bonchev–Trinajstić information content (AvgIpc) is 3.12. The molecule has 2 aromatic heterocycles. The Hall–Kier alpha value is -2.15. The van der Waals surface area contributed by atoms with Gasteiger partial charge in [-0.25, -0.2) is 9.37 Å². The van der Waals surface area contributed by atoms with E-state index in [9.17, 15) is 14.3 Å². The normalized spacial score (nSPS) is 32.8. The minimum atomic E-state index is -0.641. The number of H-pyrrole nitrogens is 1. The van der Waals surface area contributed by atoms with Crippen LogP contribution >= 0.6 is 0 Å². The van der Waals surface area contributed by atoms with Crippen molar-refractivity contribution in [3.8, 4) is 0 Å². The summed E-state index contributed by atoms with van der Waals surface area (Å²) >= 11 is 0. The second-order valence-corrected chi connectivity index (χ2v) is 8.74. The van der Waals surface area contributed by atoms with E-state index < -0.39 is 5.97 Å². The highest BCUT2D eigenvalue weighted by atomic mass is 19.1. The SMILES string of the molecule is O=C(O)[C@H]1C2CCC(CC2)C1NC1CCCN(c2c[nH]c3ncc(F)cc23)C1. The van der Waals surface area contributed by atoms with Gasteiger partial charge in [0.25, 0.3) is 0 Å². The molecule has 1 saturated heterocycles. The first-order chi connectivity index (χ1) is 13.6. The summed E-state index contributed by atoms with van der Waals surface area (Å²) in [5.41, 5.74) is 1.68. The highest BCUT2D eigenvalue weighted by molar-refractivity contribution is 5.90. The van der Waals surface area contributed by atoms with Gasteiger partial charge in [-0.05, 0) is 56.4 Å². The number of halogens is 1. The van der Waals surface area contributed by atoms with Gasteiger partial charge in [0, 0.05) is 36.8 Å². The molecule has 2 bridgehead atoms. The number of nitrogens with one attached hydrogen (secondary N) is 2. The Labute approximate surface area is 163 Å². The molecular formula is C21H27FN4O2. The number of carbonyl (C=O) groups is 1. The van der Waals surface area contributed by atoms with Crippen molar-refractivity contribution in [1.29, 1.82) is 0 Å². The molecular weight excluding hydrogens is 359 g/mol. The first kappa shape index (κ1) is 17.9. The summed E-state index contributed by atoms with van der Waals surface area (Å²) < 4.78 is 13.7. The van der Waals surface area contributed by atoms with Gasteiger partial charge in [0.05, 0.1) is 17.8 Å². The van der Waals surface area contributed by atoms with Crippen LogP contribution in [0.1, 0.15) is 38.5 Å². The zero-order chi connectivity index (χ0) is 19.3. The van der Waals surface area contributed by atoms with Crippen LogP contribution in [0.3, 0.4) is 0 Å². The molecule has 6 rings (SSSR count). The molecule has 3 heterocycles. The van der Waals surface area contributed by atoms with Gasteiger partial charge in [0.15, 0.2) is 0 Å². The van der Waals surface area contributed by atoms with Gasteiger partial charge in [-0.15, -0.1) is 0 Å². The van der Waals surface area contributed by atoms with Crippen molar-refractivity contribution in [2.75, 3.05) is 18.0 Å². The van der Waals surface area contributed by atoms with Crippen LogP contribution in [-0.2, 0) is 4.79 Å². The lowest BCUT2D eigenvalue weighted by molar-refractivity contribution is -0.150. The predicted octanol–water partition coefficient (Wildman–Crippen LogP) is 3.15. The standard InChI is InChI=1S/C21H27FN4O2/c22-14-8-16-17(10-24-20(16)23-9-14)26-7-1-2-15(11-26)25-19-13-5-3-12(4-6-13)18(19)21(27)28/h8-10,12-13,15,18-19,25H,1-7,11H2,(H,23,24)(H,27,28)/t12?,13?,15?,18-,19?/m0/s1. The molecule has 150 valence electrons. The Morgan fingerprint density at radius 1 is 1.25 bits per heavy atom. The quantitative estimate of drug-likeness (QED) is 0.752. The molecule has 0 aromatic carbocycles. The fourth-order valence-corrected chi connectivity index (χ4v) is 5.87. The number of pyridine rings is 1. The maximum absolute atomic E-state index is 13.7. The molecule has 0 spiro atoms. The van der Waals surface area contributed by atoms with Crippen LogP contribution in [0.5, 0.6) is 0 Å². The van der Waals surface area contributed by atoms with Crippen LogP contribution < -0.4 is 10.2 Å². The summed E-state index contributed by atoms with van der Waals surface area (Å²) in [4.78, 5) is 21.5. The second-order valence-electron chi connectivity index (χ2n) is 8.74. The third-order valence-electron chi connectivity index (χ3n) is 7.17. The number of fused-ring (bicyclic) bond motifs is 4. The number of nitrogens with zero attached hydrogens (tertiary/aromatic N) is 2. The molecule has 7 heteroatoms. The zero-order valence-corrected chi connectivity index (χ0v) is 15.9. The van der Waals surface area contributed by atoms with Gasteiger partial charge in [-0.3, -0.25) is 4.79 Å². The highest BCUT2D eigenvalue weighted by Crippen LogP contribution is 2.45. The summed E-state index contributed by atoms with van der Waals surface area (Å²) in [7, 11) is 0. The molecule has 2 aromatic rings. The zero-order valence-electron chi connectivity index (χ0n) is 15.9. The average molecular weight is 386 g/mol. The van der Waals surface area contributed by atoms with Crippen molar-refractivity contribution >= 4 is 22.7 Å². The fraction of sp³-hybridized carbons (Fsp3) is 0.619. The molecule has 1 aliphatic heterocycles. The molecule has 0 amide bonds. The maximum atomic E-state index is 13.7. The van der Waals surface area contributed by atoms with Gasteiger partial charge >= 0.3 is 5.97 Å². The molecule has 0 radical (unpaired) electrons. The minimum absolute atomic E-state index is 0.0806. The Kier molecular flexibility index (Phi) is 4.50. The van der Waals surface area contributed by atoms with E-state index in [1.807, 2.05) is 6.20 Å². The molecule has 4 fully saturated rings. The van der Waals surface area contributed by atoms with Crippen molar-refractivity contribution in [1.82, 2.24) is 15.3 Å². The molecule has 6 nitrogen and oxygen atoms in total. The summed E-state index contributed by atoms with van der Waals surface area (Å²) in [6.45, 7) is 1.73. The number of hydrogen-bond acceptors (Lipinski definition) is 4. The Bertz CT molecular complexity index is 876. The number of anilines is 1. The van der Waals surface area contributed by atoms with E-state index in [1.54, 1.807) is 0 Å². The van der Waals surface area contributed by atoms with E-state index in [0.717, 1.165) is 62.7 Å². The van der Waals surface area contributed by atoms with Crippen molar-refractivity contribution in [2.24, 2.45) is 17.8 Å². The van der Waals surface area contributed by atoms with Gasteiger partial charge in [0.1, 0.15) is 11.5 Å². The summed E-state index contributed by atoms with van der Waals surface area (Å²) in [5.74, 6) is -0.426. The maximum Gasteiger partial charge on any atom is 0.308 e. The molecule has 28 heavy (non-hydrogen) atoms. The lowest BCUT2D eigenvalue weighted by atomic mass is 9.61. The first-order valence-corrected chi connectivity index (χ1v) is 10.5. The summed E-state index contributed by atoms with van der Waals surface area (Å²) in [6.07, 6.45) is 9.63. The van der Waals surface area contributed by atoms with Crippen LogP contribution in [-0.4, -0.2) is 46.2 Å². The van der Waals surface area contributed by atoms with Gasteiger partial charge in [-0.1, -0.05) is 0 Å². The van der Waals surface area contributed by atoms with E-state index in [-0.39, 0.29) is 23.8 Å². The van der Waals surface area contributed by atoms with E-state index in [4.69, 9.17) is 0 Å². The number of aromatic amines is 1. The van der Waals surface area contributed by atoms with Crippen molar-refractivity contribution in [3.63, 3.8) is 0 Å². The topological polar surface area (TPSA) is 81.2 Å².